The van der Waals surface area contributed by atoms with Crippen LogP contribution in [0.1, 0.15) is 41.6 Å². The van der Waals surface area contributed by atoms with Crippen LogP contribution in [-0.4, -0.2) is 30.3 Å². The minimum absolute atomic E-state index is 0.216. The lowest BCUT2D eigenvalue weighted by molar-refractivity contribution is 0.0839. The minimum Gasteiger partial charge on any atom is -0.303 e. The van der Waals surface area contributed by atoms with E-state index in [0.29, 0.717) is 5.78 Å². The second-order valence-electron chi connectivity index (χ2n) is 6.79. The van der Waals surface area contributed by atoms with E-state index in [1.807, 2.05) is 30.3 Å². The Morgan fingerprint density at radius 3 is 2.17 bits per heavy atom. The summed E-state index contributed by atoms with van der Waals surface area (Å²) in [6.07, 6.45) is 5.67. The van der Waals surface area contributed by atoms with E-state index in [9.17, 15) is 4.79 Å². The van der Waals surface area contributed by atoms with Crippen molar-refractivity contribution in [1.82, 2.24) is 4.90 Å². The molecule has 1 aliphatic rings. The number of Topliss-reactive ketones (excluding diaryl/α,β-unsaturated/α-hetero) is 1. The molecule has 0 spiro atoms. The van der Waals surface area contributed by atoms with E-state index in [1.165, 1.54) is 31.4 Å². The molecule has 3 rings (SSSR count). The van der Waals surface area contributed by atoms with Gasteiger partial charge < -0.3 is 4.90 Å². The average molecular weight is 321 g/mol. The van der Waals surface area contributed by atoms with Crippen LogP contribution in [0, 0.1) is 5.92 Å². The number of nitrogens with zero attached hydrogens (tertiary/aromatic N) is 1. The van der Waals surface area contributed by atoms with E-state index in [4.69, 9.17) is 0 Å². The number of hydrogen-bond donors (Lipinski definition) is 0. The summed E-state index contributed by atoms with van der Waals surface area (Å²) in [5.41, 5.74) is 2.31. The standard InChI is InChI=1S/C22H27NO/c24-22(20-12-5-2-6-13-20)21-14-17-23(18-15-21)16-8-7-11-19-9-3-1-4-10-19/h1-6,9-10,12-13,21H,7-8,11,14-18H2. The van der Waals surface area contributed by atoms with Crippen LogP contribution in [0.25, 0.3) is 0 Å². The van der Waals surface area contributed by atoms with Gasteiger partial charge in [-0.05, 0) is 57.3 Å². The molecule has 0 unspecified atom stereocenters. The normalized spacial score (nSPS) is 16.2. The van der Waals surface area contributed by atoms with Crippen molar-refractivity contribution in [3.05, 3.63) is 71.8 Å². The summed E-state index contributed by atoms with van der Waals surface area (Å²) in [4.78, 5) is 15.0. The summed E-state index contributed by atoms with van der Waals surface area (Å²) in [6, 6.07) is 20.5. The van der Waals surface area contributed by atoms with Gasteiger partial charge in [0.1, 0.15) is 0 Å². The van der Waals surface area contributed by atoms with Gasteiger partial charge in [0.25, 0.3) is 0 Å². The molecule has 1 saturated heterocycles. The van der Waals surface area contributed by atoms with Crippen LogP contribution in [0.2, 0.25) is 0 Å². The topological polar surface area (TPSA) is 20.3 Å². The Morgan fingerprint density at radius 1 is 0.875 bits per heavy atom. The largest absolute Gasteiger partial charge is 0.303 e. The number of likely N-dealkylation sites (tertiary alicyclic amines) is 1. The third-order valence-electron chi connectivity index (χ3n) is 5.05. The maximum absolute atomic E-state index is 12.5. The predicted octanol–water partition coefficient (Wildman–Crippen LogP) is 4.60. The summed E-state index contributed by atoms with van der Waals surface area (Å²) in [6.45, 7) is 3.29. The van der Waals surface area contributed by atoms with Gasteiger partial charge in [0.05, 0.1) is 0 Å². The summed E-state index contributed by atoms with van der Waals surface area (Å²) < 4.78 is 0. The van der Waals surface area contributed by atoms with E-state index in [0.717, 1.165) is 31.5 Å². The van der Waals surface area contributed by atoms with Crippen molar-refractivity contribution in [2.45, 2.75) is 32.1 Å². The molecule has 0 aliphatic carbocycles. The van der Waals surface area contributed by atoms with Crippen LogP contribution in [-0.2, 0) is 6.42 Å². The number of rotatable bonds is 7. The molecule has 0 radical (unpaired) electrons. The smallest absolute Gasteiger partial charge is 0.166 e. The van der Waals surface area contributed by atoms with E-state index in [2.05, 4.69) is 35.2 Å². The Hall–Kier alpha value is -1.93. The first-order valence-electron chi connectivity index (χ1n) is 9.18. The Bertz CT molecular complexity index is 615. The number of ketones is 1. The van der Waals surface area contributed by atoms with Gasteiger partial charge in [0.2, 0.25) is 0 Å². The third kappa shape index (κ3) is 4.78. The van der Waals surface area contributed by atoms with Crippen LogP contribution >= 0.6 is 0 Å². The molecule has 126 valence electrons. The maximum Gasteiger partial charge on any atom is 0.166 e. The first kappa shape index (κ1) is 16.9. The first-order valence-corrected chi connectivity index (χ1v) is 9.18. The van der Waals surface area contributed by atoms with Gasteiger partial charge in [-0.1, -0.05) is 60.7 Å². The molecule has 0 saturated carbocycles. The predicted molar refractivity (Wildman–Crippen MR) is 99.3 cm³/mol. The number of aryl methyl sites for hydroxylation is 1. The fourth-order valence-electron chi connectivity index (χ4n) is 3.57. The number of carbonyl (C=O) groups is 1. The van der Waals surface area contributed by atoms with Crippen molar-refractivity contribution in [2.75, 3.05) is 19.6 Å². The number of piperidine rings is 1. The van der Waals surface area contributed by atoms with Gasteiger partial charge >= 0.3 is 0 Å². The Labute approximate surface area is 145 Å². The monoisotopic (exact) mass is 321 g/mol. The molecule has 1 fully saturated rings. The molecule has 2 heteroatoms. The van der Waals surface area contributed by atoms with Gasteiger partial charge in [-0.25, -0.2) is 0 Å². The van der Waals surface area contributed by atoms with Crippen molar-refractivity contribution in [3.63, 3.8) is 0 Å². The first-order chi connectivity index (χ1) is 11.8. The zero-order valence-corrected chi connectivity index (χ0v) is 14.4. The van der Waals surface area contributed by atoms with E-state index >= 15 is 0 Å². The lowest BCUT2D eigenvalue weighted by Crippen LogP contribution is -2.36. The van der Waals surface area contributed by atoms with Crippen LogP contribution in [0.3, 0.4) is 0 Å². The molecule has 2 aromatic carbocycles. The van der Waals surface area contributed by atoms with Crippen molar-refractivity contribution in [1.29, 1.82) is 0 Å². The fourth-order valence-corrected chi connectivity index (χ4v) is 3.57. The fraction of sp³-hybridized carbons (Fsp3) is 0.409. The van der Waals surface area contributed by atoms with Gasteiger partial charge in [0, 0.05) is 11.5 Å². The quantitative estimate of drug-likeness (QED) is 0.548. The number of unbranched alkanes of at least 4 members (excludes halogenated alkanes) is 1. The maximum atomic E-state index is 12.5. The highest BCUT2D eigenvalue weighted by molar-refractivity contribution is 5.97. The third-order valence-corrected chi connectivity index (χ3v) is 5.05. The Kier molecular flexibility index (Phi) is 6.20. The van der Waals surface area contributed by atoms with Crippen LogP contribution < -0.4 is 0 Å². The van der Waals surface area contributed by atoms with Gasteiger partial charge in [-0.2, -0.15) is 0 Å². The Morgan fingerprint density at radius 2 is 1.50 bits per heavy atom. The molecule has 0 atom stereocenters. The lowest BCUT2D eigenvalue weighted by Gasteiger charge is -2.31. The molecule has 24 heavy (non-hydrogen) atoms. The van der Waals surface area contributed by atoms with Crippen LogP contribution in [0.15, 0.2) is 60.7 Å². The van der Waals surface area contributed by atoms with E-state index in [1.54, 1.807) is 0 Å². The molecular formula is C22H27NO. The summed E-state index contributed by atoms with van der Waals surface area (Å²) in [5, 5.41) is 0. The average Bonchev–Trinajstić information content (AvgIpc) is 2.67. The minimum atomic E-state index is 0.216. The molecule has 2 aromatic rings. The molecule has 1 heterocycles. The van der Waals surface area contributed by atoms with E-state index < -0.39 is 0 Å². The van der Waals surface area contributed by atoms with E-state index in [-0.39, 0.29) is 5.92 Å². The zero-order valence-electron chi connectivity index (χ0n) is 14.4. The van der Waals surface area contributed by atoms with Crippen molar-refractivity contribution in [3.8, 4) is 0 Å². The second-order valence-corrected chi connectivity index (χ2v) is 6.79. The van der Waals surface area contributed by atoms with Crippen LogP contribution in [0.5, 0.6) is 0 Å². The zero-order chi connectivity index (χ0) is 16.6. The highest BCUT2D eigenvalue weighted by atomic mass is 16.1. The molecular weight excluding hydrogens is 294 g/mol. The summed E-state index contributed by atoms with van der Waals surface area (Å²) >= 11 is 0. The molecule has 1 aliphatic heterocycles. The highest BCUT2D eigenvalue weighted by Gasteiger charge is 2.25. The van der Waals surface area contributed by atoms with Gasteiger partial charge in [-0.15, -0.1) is 0 Å². The lowest BCUT2D eigenvalue weighted by atomic mass is 9.89. The van der Waals surface area contributed by atoms with Gasteiger partial charge in [0.15, 0.2) is 5.78 Å². The van der Waals surface area contributed by atoms with Crippen LogP contribution in [0.4, 0.5) is 0 Å². The number of carbonyl (C=O) groups excluding carboxylic acids is 1. The SMILES string of the molecule is O=C(c1ccccc1)C1CCN(CCCCc2ccccc2)CC1. The number of hydrogen-bond acceptors (Lipinski definition) is 2. The van der Waals surface area contributed by atoms with Crippen molar-refractivity contribution < 1.29 is 4.79 Å². The second kappa shape index (κ2) is 8.79. The molecule has 0 aromatic heterocycles. The Balaban J connectivity index is 1.36. The van der Waals surface area contributed by atoms with Gasteiger partial charge in [-0.3, -0.25) is 4.79 Å². The number of benzene rings is 2. The van der Waals surface area contributed by atoms with Crippen molar-refractivity contribution in [2.24, 2.45) is 5.92 Å². The molecule has 0 bridgehead atoms. The molecule has 0 N–H and O–H groups in total. The van der Waals surface area contributed by atoms with Crippen molar-refractivity contribution >= 4 is 5.78 Å². The highest BCUT2D eigenvalue weighted by Crippen LogP contribution is 2.22. The molecule has 2 nitrogen and oxygen atoms in total. The summed E-state index contributed by atoms with van der Waals surface area (Å²) in [7, 11) is 0. The molecule has 0 amide bonds. The summed E-state index contributed by atoms with van der Waals surface area (Å²) in [5.74, 6) is 0.548.